The predicted octanol–water partition coefficient (Wildman–Crippen LogP) is 1.95. The average molecular weight is 437 g/mol. The van der Waals surface area contributed by atoms with Gasteiger partial charge in [0.2, 0.25) is 0 Å². The topological polar surface area (TPSA) is 119 Å². The number of aliphatic hydroxyl groups is 3. The molecule has 1 aliphatic heterocycles. The number of furan rings is 1. The van der Waals surface area contributed by atoms with Crippen LogP contribution in [0.2, 0.25) is 0 Å². The van der Waals surface area contributed by atoms with E-state index in [2.05, 4.69) is 0 Å². The molecule has 0 amide bonds. The smallest absolute Gasteiger partial charge is 0.302 e. The summed E-state index contributed by atoms with van der Waals surface area (Å²) in [6, 6.07) is 1.85. The van der Waals surface area contributed by atoms with Gasteiger partial charge in [-0.3, -0.25) is 4.79 Å². The molecule has 8 heteroatoms. The highest BCUT2D eigenvalue weighted by Crippen LogP contribution is 2.67. The Hall–Kier alpha value is -1.71. The number of methoxy groups -OCH3 is 1. The summed E-state index contributed by atoms with van der Waals surface area (Å²) in [5.74, 6) is -1.09. The van der Waals surface area contributed by atoms with E-state index in [-0.39, 0.29) is 31.2 Å². The van der Waals surface area contributed by atoms with Gasteiger partial charge in [0.1, 0.15) is 6.61 Å². The molecule has 2 fully saturated rings. The molecule has 1 saturated carbocycles. The van der Waals surface area contributed by atoms with Crippen molar-refractivity contribution in [2.45, 2.75) is 57.7 Å². The fourth-order valence-electron chi connectivity index (χ4n) is 6.54. The minimum Gasteiger partial charge on any atom is -0.472 e. The molecule has 0 aromatic carbocycles. The van der Waals surface area contributed by atoms with Crippen LogP contribution in [0, 0.1) is 22.7 Å². The third kappa shape index (κ3) is 3.19. The molecule has 2 heterocycles. The van der Waals surface area contributed by atoms with Gasteiger partial charge in [0.15, 0.2) is 6.29 Å². The molecule has 4 rings (SSSR count). The van der Waals surface area contributed by atoms with Crippen molar-refractivity contribution >= 4 is 5.97 Å². The van der Waals surface area contributed by atoms with Gasteiger partial charge in [-0.05, 0) is 42.7 Å². The molecule has 1 aromatic rings. The lowest BCUT2D eigenvalue weighted by Crippen LogP contribution is -2.68. The van der Waals surface area contributed by atoms with Gasteiger partial charge in [0, 0.05) is 25.0 Å². The van der Waals surface area contributed by atoms with Gasteiger partial charge in [0.25, 0.3) is 0 Å². The number of allylic oxidation sites excluding steroid dienone is 1. The van der Waals surface area contributed by atoms with Gasteiger partial charge in [-0.1, -0.05) is 13.0 Å². The van der Waals surface area contributed by atoms with Crippen LogP contribution in [0.5, 0.6) is 0 Å². The number of esters is 1. The Kier molecular flexibility index (Phi) is 6.04. The summed E-state index contributed by atoms with van der Waals surface area (Å²) in [5, 5.41) is 32.8. The van der Waals surface area contributed by atoms with Crippen LogP contribution in [0.25, 0.3) is 0 Å². The molecule has 1 spiro atoms. The maximum absolute atomic E-state index is 11.7. The van der Waals surface area contributed by atoms with E-state index < -0.39 is 35.3 Å². The standard InChI is InChI=1S/C23H32O8/c1-13-19(26)20(27)23(12-30-14(2)25)16(10-24)5-4-6-18(23)22(13)9-17(31-21(22)28-3)15-7-8-29-11-15/h5,7-8,11,13,17-21,24,26-27H,4,6,9-10,12H2,1-3H3. The van der Waals surface area contributed by atoms with Gasteiger partial charge in [0.05, 0.1) is 42.9 Å². The molecule has 1 saturated heterocycles. The second kappa shape index (κ2) is 8.33. The minimum absolute atomic E-state index is 0.126. The lowest BCUT2D eigenvalue weighted by molar-refractivity contribution is -0.267. The van der Waals surface area contributed by atoms with Crippen molar-refractivity contribution in [3.05, 3.63) is 35.8 Å². The number of rotatable bonds is 5. The zero-order valence-corrected chi connectivity index (χ0v) is 18.2. The second-order valence-electron chi connectivity index (χ2n) is 9.13. The van der Waals surface area contributed by atoms with Gasteiger partial charge in [-0.25, -0.2) is 0 Å². The predicted molar refractivity (Wildman–Crippen MR) is 109 cm³/mol. The number of ether oxygens (including phenoxy) is 3. The molecular formula is C23H32O8. The number of fused-ring (bicyclic) bond motifs is 2. The van der Waals surface area contributed by atoms with Crippen LogP contribution < -0.4 is 0 Å². The Labute approximate surface area is 181 Å². The maximum Gasteiger partial charge on any atom is 0.302 e. The van der Waals surface area contributed by atoms with Crippen LogP contribution in [0.15, 0.2) is 34.7 Å². The minimum atomic E-state index is -1.21. The van der Waals surface area contributed by atoms with E-state index >= 15 is 0 Å². The number of hydrogen-bond donors (Lipinski definition) is 3. The van der Waals surface area contributed by atoms with E-state index in [1.165, 1.54) is 6.92 Å². The van der Waals surface area contributed by atoms with Crippen LogP contribution in [-0.2, 0) is 19.0 Å². The van der Waals surface area contributed by atoms with E-state index in [9.17, 15) is 20.1 Å². The van der Waals surface area contributed by atoms with Crippen molar-refractivity contribution in [3.8, 4) is 0 Å². The Morgan fingerprint density at radius 3 is 2.74 bits per heavy atom. The molecule has 8 unspecified atom stereocenters. The molecule has 172 valence electrons. The third-order valence-corrected chi connectivity index (χ3v) is 8.01. The lowest BCUT2D eigenvalue weighted by atomic mass is 9.44. The molecule has 3 aliphatic rings. The van der Waals surface area contributed by atoms with E-state index in [0.29, 0.717) is 24.8 Å². The highest BCUT2D eigenvalue weighted by Gasteiger charge is 2.71. The van der Waals surface area contributed by atoms with Crippen LogP contribution >= 0.6 is 0 Å². The van der Waals surface area contributed by atoms with Crippen molar-refractivity contribution in [1.29, 1.82) is 0 Å². The molecule has 8 atom stereocenters. The molecular weight excluding hydrogens is 404 g/mol. The van der Waals surface area contributed by atoms with E-state index in [4.69, 9.17) is 18.6 Å². The first-order valence-corrected chi connectivity index (χ1v) is 10.8. The van der Waals surface area contributed by atoms with Gasteiger partial charge in [-0.15, -0.1) is 0 Å². The summed E-state index contributed by atoms with van der Waals surface area (Å²) in [6.07, 6.45) is 3.77. The van der Waals surface area contributed by atoms with Crippen LogP contribution in [0.4, 0.5) is 0 Å². The first kappa shape index (κ1) is 22.5. The number of aliphatic hydroxyl groups excluding tert-OH is 3. The summed E-state index contributed by atoms with van der Waals surface area (Å²) in [6.45, 7) is 2.80. The van der Waals surface area contributed by atoms with Crippen molar-refractivity contribution in [2.24, 2.45) is 22.7 Å². The fourth-order valence-corrected chi connectivity index (χ4v) is 6.54. The largest absolute Gasteiger partial charge is 0.472 e. The first-order valence-electron chi connectivity index (χ1n) is 10.8. The van der Waals surface area contributed by atoms with Crippen LogP contribution in [0.3, 0.4) is 0 Å². The zero-order chi connectivity index (χ0) is 22.4. The first-order chi connectivity index (χ1) is 14.8. The summed E-state index contributed by atoms with van der Waals surface area (Å²) in [7, 11) is 1.58. The van der Waals surface area contributed by atoms with Crippen molar-refractivity contribution in [1.82, 2.24) is 0 Å². The van der Waals surface area contributed by atoms with Crippen molar-refractivity contribution in [2.75, 3.05) is 20.3 Å². The van der Waals surface area contributed by atoms with Gasteiger partial charge >= 0.3 is 5.97 Å². The van der Waals surface area contributed by atoms with Crippen molar-refractivity contribution in [3.63, 3.8) is 0 Å². The molecule has 8 nitrogen and oxygen atoms in total. The highest BCUT2D eigenvalue weighted by molar-refractivity contribution is 5.66. The maximum atomic E-state index is 11.7. The molecule has 2 aliphatic carbocycles. The summed E-state index contributed by atoms with van der Waals surface area (Å²) >= 11 is 0. The van der Waals surface area contributed by atoms with E-state index in [0.717, 1.165) is 5.56 Å². The Morgan fingerprint density at radius 2 is 2.13 bits per heavy atom. The molecule has 0 radical (unpaired) electrons. The molecule has 3 N–H and O–H groups in total. The summed E-state index contributed by atoms with van der Waals surface area (Å²) < 4.78 is 22.9. The highest BCUT2D eigenvalue weighted by atomic mass is 16.7. The lowest BCUT2D eigenvalue weighted by Gasteiger charge is -2.62. The van der Waals surface area contributed by atoms with Crippen molar-refractivity contribution < 1.29 is 38.7 Å². The van der Waals surface area contributed by atoms with Gasteiger partial charge in [-0.2, -0.15) is 0 Å². The van der Waals surface area contributed by atoms with Crippen LogP contribution in [-0.4, -0.2) is 60.1 Å². The Balaban J connectivity index is 1.86. The van der Waals surface area contributed by atoms with E-state index in [1.807, 2.05) is 19.1 Å². The summed E-state index contributed by atoms with van der Waals surface area (Å²) in [5.41, 5.74) is -0.337. The normalized spacial score (nSPS) is 42.3. The average Bonchev–Trinajstić information content (AvgIpc) is 3.43. The quantitative estimate of drug-likeness (QED) is 0.473. The Bertz CT molecular complexity index is 820. The van der Waals surface area contributed by atoms with Gasteiger partial charge < -0.3 is 33.9 Å². The third-order valence-electron chi connectivity index (χ3n) is 8.01. The molecule has 0 bridgehead atoms. The SMILES string of the molecule is COC1OC(c2ccoc2)CC12C(C)C(O)C(O)C1(COC(C)=O)C(CO)=CCCC12. The van der Waals surface area contributed by atoms with E-state index in [1.54, 1.807) is 19.6 Å². The fraction of sp³-hybridized carbons (Fsp3) is 0.696. The number of hydrogen-bond acceptors (Lipinski definition) is 8. The monoisotopic (exact) mass is 436 g/mol. The molecule has 1 aromatic heterocycles. The Morgan fingerprint density at radius 1 is 1.35 bits per heavy atom. The molecule has 31 heavy (non-hydrogen) atoms. The zero-order valence-electron chi connectivity index (χ0n) is 18.2. The number of carbonyl (C=O) groups excluding carboxylic acids is 1. The number of carbonyl (C=O) groups is 1. The summed E-state index contributed by atoms with van der Waals surface area (Å²) in [4.78, 5) is 11.7. The second-order valence-corrected chi connectivity index (χ2v) is 9.13. The van der Waals surface area contributed by atoms with Crippen LogP contribution in [0.1, 0.15) is 44.8 Å².